The molecule has 21 heavy (non-hydrogen) atoms. The van der Waals surface area contributed by atoms with Gasteiger partial charge in [0.15, 0.2) is 5.82 Å². The van der Waals surface area contributed by atoms with E-state index in [2.05, 4.69) is 25.1 Å². The third-order valence-corrected chi connectivity index (χ3v) is 4.02. The Balaban J connectivity index is 2.14. The molecule has 0 amide bonds. The van der Waals surface area contributed by atoms with E-state index in [1.807, 2.05) is 0 Å². The predicted molar refractivity (Wildman–Crippen MR) is 75.8 cm³/mol. The highest BCUT2D eigenvalue weighted by molar-refractivity contribution is 7.92. The van der Waals surface area contributed by atoms with Crippen LogP contribution in [0.4, 0.5) is 11.8 Å². The maximum atomic E-state index is 12.5. The van der Waals surface area contributed by atoms with Gasteiger partial charge in [0.2, 0.25) is 11.0 Å². The fraction of sp³-hybridized carbons (Fsp3) is 0. The van der Waals surface area contributed by atoms with Crippen molar-refractivity contribution in [3.8, 4) is 0 Å². The number of fused-ring (bicyclic) bond motifs is 1. The number of imidazole rings is 1. The molecule has 0 radical (unpaired) electrons. The first-order chi connectivity index (χ1) is 10.1. The average molecular weight is 305 g/mol. The lowest BCUT2D eigenvalue weighted by Gasteiger charge is -2.07. The average Bonchev–Trinajstić information content (AvgIpc) is 2.87. The zero-order valence-corrected chi connectivity index (χ0v) is 11.4. The Bertz CT molecular complexity index is 876. The van der Waals surface area contributed by atoms with Crippen molar-refractivity contribution in [1.82, 2.24) is 19.4 Å². The van der Waals surface area contributed by atoms with Gasteiger partial charge in [0.25, 0.3) is 10.0 Å². The zero-order valence-electron chi connectivity index (χ0n) is 10.6. The van der Waals surface area contributed by atoms with Gasteiger partial charge in [-0.05, 0) is 18.2 Å². The standard InChI is InChI=1S/C11H11N7O2S/c12-16-9-10(18-7-2-1-4-8(18)15-9)21(19,20)17-11-13-5-3-6-14-11/h1-7,16H,12H2,(H,13,14,17). The molecule has 108 valence electrons. The molecular weight excluding hydrogens is 294 g/mol. The molecule has 0 saturated carbocycles. The second-order valence-electron chi connectivity index (χ2n) is 4.02. The largest absolute Gasteiger partial charge is 0.306 e. The Morgan fingerprint density at radius 2 is 1.90 bits per heavy atom. The van der Waals surface area contributed by atoms with E-state index in [4.69, 9.17) is 5.84 Å². The van der Waals surface area contributed by atoms with Crippen LogP contribution >= 0.6 is 0 Å². The quantitative estimate of drug-likeness (QED) is 0.464. The summed E-state index contributed by atoms with van der Waals surface area (Å²) in [7, 11) is -3.96. The molecule has 3 aromatic rings. The summed E-state index contributed by atoms with van der Waals surface area (Å²) in [6.45, 7) is 0. The lowest BCUT2D eigenvalue weighted by Crippen LogP contribution is -2.19. The number of pyridine rings is 1. The van der Waals surface area contributed by atoms with E-state index in [0.717, 1.165) is 0 Å². The van der Waals surface area contributed by atoms with E-state index < -0.39 is 10.0 Å². The molecule has 10 heteroatoms. The van der Waals surface area contributed by atoms with Crippen molar-refractivity contribution in [2.45, 2.75) is 5.03 Å². The van der Waals surface area contributed by atoms with Crippen LogP contribution < -0.4 is 16.0 Å². The van der Waals surface area contributed by atoms with Gasteiger partial charge >= 0.3 is 0 Å². The minimum Gasteiger partial charge on any atom is -0.306 e. The van der Waals surface area contributed by atoms with E-state index in [0.29, 0.717) is 5.65 Å². The number of rotatable bonds is 4. The second kappa shape index (κ2) is 5.00. The molecule has 9 nitrogen and oxygen atoms in total. The van der Waals surface area contributed by atoms with Crippen LogP contribution in [0.15, 0.2) is 47.9 Å². The molecule has 0 bridgehead atoms. The van der Waals surface area contributed by atoms with Gasteiger partial charge < -0.3 is 5.43 Å². The number of nitrogen functional groups attached to an aromatic ring is 1. The summed E-state index contributed by atoms with van der Waals surface area (Å²) >= 11 is 0. The fourth-order valence-corrected chi connectivity index (χ4v) is 3.06. The Morgan fingerprint density at radius 1 is 1.14 bits per heavy atom. The number of nitrogens with zero attached hydrogens (tertiary/aromatic N) is 4. The van der Waals surface area contributed by atoms with Crippen LogP contribution in [0.5, 0.6) is 0 Å². The Kier molecular flexibility index (Phi) is 3.16. The van der Waals surface area contributed by atoms with Crippen molar-refractivity contribution < 1.29 is 8.42 Å². The summed E-state index contributed by atoms with van der Waals surface area (Å²) in [6.07, 6.45) is 4.44. The van der Waals surface area contributed by atoms with Gasteiger partial charge in [-0.25, -0.2) is 25.5 Å². The summed E-state index contributed by atoms with van der Waals surface area (Å²) in [6, 6.07) is 6.68. The summed E-state index contributed by atoms with van der Waals surface area (Å²) in [5.41, 5.74) is 2.73. The molecule has 0 fully saturated rings. The molecule has 0 aliphatic heterocycles. The number of aromatic nitrogens is 4. The molecule has 0 atom stereocenters. The highest BCUT2D eigenvalue weighted by Gasteiger charge is 2.25. The number of nitrogens with two attached hydrogens (primary N) is 1. The van der Waals surface area contributed by atoms with Crippen LogP contribution in [0.25, 0.3) is 5.65 Å². The minimum absolute atomic E-state index is 0.0321. The van der Waals surface area contributed by atoms with E-state index >= 15 is 0 Å². The third-order valence-electron chi connectivity index (χ3n) is 2.67. The van der Waals surface area contributed by atoms with Crippen molar-refractivity contribution in [3.05, 3.63) is 42.9 Å². The number of anilines is 2. The molecule has 0 unspecified atom stereocenters. The van der Waals surface area contributed by atoms with E-state index in [1.54, 1.807) is 30.5 Å². The molecule has 0 spiro atoms. The lowest BCUT2D eigenvalue weighted by molar-refractivity contribution is 0.596. The normalized spacial score (nSPS) is 11.5. The van der Waals surface area contributed by atoms with Crippen LogP contribution in [0, 0.1) is 0 Å². The summed E-state index contributed by atoms with van der Waals surface area (Å²) in [5.74, 6) is 5.35. The lowest BCUT2D eigenvalue weighted by atomic mass is 10.5. The van der Waals surface area contributed by atoms with E-state index in [9.17, 15) is 8.42 Å². The maximum absolute atomic E-state index is 12.5. The molecule has 3 heterocycles. The predicted octanol–water partition coefficient (Wildman–Crippen LogP) is 0.211. The highest BCUT2D eigenvalue weighted by atomic mass is 32.2. The number of hydrogen-bond acceptors (Lipinski definition) is 7. The number of hydrogen-bond donors (Lipinski definition) is 3. The number of nitrogens with one attached hydrogen (secondary N) is 2. The van der Waals surface area contributed by atoms with Crippen LogP contribution in [-0.4, -0.2) is 27.8 Å². The van der Waals surface area contributed by atoms with Crippen molar-refractivity contribution in [2.24, 2.45) is 5.84 Å². The molecule has 3 aromatic heterocycles. The van der Waals surface area contributed by atoms with Crippen LogP contribution in [0.1, 0.15) is 0 Å². The molecule has 0 saturated heterocycles. The van der Waals surface area contributed by atoms with Crippen molar-refractivity contribution >= 4 is 27.4 Å². The molecule has 0 aromatic carbocycles. The summed E-state index contributed by atoms with van der Waals surface area (Å²) in [4.78, 5) is 11.8. The van der Waals surface area contributed by atoms with Crippen LogP contribution in [-0.2, 0) is 10.0 Å². The smallest absolute Gasteiger partial charge is 0.284 e. The number of sulfonamides is 1. The topological polar surface area (TPSA) is 127 Å². The highest BCUT2D eigenvalue weighted by Crippen LogP contribution is 2.23. The first-order valence-electron chi connectivity index (χ1n) is 5.85. The van der Waals surface area contributed by atoms with Gasteiger partial charge in [-0.1, -0.05) is 6.07 Å². The van der Waals surface area contributed by atoms with Crippen molar-refractivity contribution in [1.29, 1.82) is 0 Å². The molecule has 0 aliphatic rings. The minimum atomic E-state index is -3.96. The van der Waals surface area contributed by atoms with Crippen LogP contribution in [0.3, 0.4) is 0 Å². The molecule has 3 rings (SSSR count). The fourth-order valence-electron chi connectivity index (χ4n) is 1.84. The van der Waals surface area contributed by atoms with Gasteiger partial charge in [-0.2, -0.15) is 8.42 Å². The third kappa shape index (κ3) is 2.37. The van der Waals surface area contributed by atoms with E-state index in [1.165, 1.54) is 16.8 Å². The van der Waals surface area contributed by atoms with Gasteiger partial charge in [0.05, 0.1) is 0 Å². The van der Waals surface area contributed by atoms with Crippen molar-refractivity contribution in [3.63, 3.8) is 0 Å². The SMILES string of the molecule is NNc1nc2ccccn2c1S(=O)(=O)Nc1ncccn1. The first kappa shape index (κ1) is 13.3. The van der Waals surface area contributed by atoms with Gasteiger partial charge in [-0.15, -0.1) is 0 Å². The number of hydrazine groups is 1. The van der Waals surface area contributed by atoms with Crippen LogP contribution in [0.2, 0.25) is 0 Å². The van der Waals surface area contributed by atoms with Gasteiger partial charge in [0.1, 0.15) is 5.65 Å². The molecule has 4 N–H and O–H groups in total. The summed E-state index contributed by atoms with van der Waals surface area (Å²) in [5, 5.41) is -0.118. The second-order valence-corrected chi connectivity index (χ2v) is 5.61. The van der Waals surface area contributed by atoms with Crippen molar-refractivity contribution in [2.75, 3.05) is 10.1 Å². The Hall–Kier alpha value is -2.72. The summed E-state index contributed by atoms with van der Waals surface area (Å²) < 4.78 is 28.7. The first-order valence-corrected chi connectivity index (χ1v) is 7.33. The van der Waals surface area contributed by atoms with Gasteiger partial charge in [-0.3, -0.25) is 4.40 Å². The Morgan fingerprint density at radius 3 is 2.62 bits per heavy atom. The monoisotopic (exact) mass is 305 g/mol. The maximum Gasteiger partial charge on any atom is 0.284 e. The zero-order chi connectivity index (χ0) is 14.9. The molecule has 0 aliphatic carbocycles. The van der Waals surface area contributed by atoms with E-state index in [-0.39, 0.29) is 16.8 Å². The Labute approximate surface area is 119 Å². The van der Waals surface area contributed by atoms with Gasteiger partial charge in [0, 0.05) is 18.6 Å². The molecular formula is C11H11N7O2S.